The Balaban J connectivity index is 1.45. The number of rotatable bonds is 7. The summed E-state index contributed by atoms with van der Waals surface area (Å²) in [5, 5.41) is 3.03. The summed E-state index contributed by atoms with van der Waals surface area (Å²) in [5.41, 5.74) is 7.27. The standard InChI is InChI=1S/C22H27N3O/c1-16-7-4-5-8-19(16)10-11-23-22(26)9-6-12-25-15-24-20-13-17(2)18(3)14-21(20)25/h4-5,7-8,13-15H,6,9-12H2,1-3H3,(H,23,26). The van der Waals surface area contributed by atoms with Crippen LogP contribution in [0.15, 0.2) is 42.7 Å². The van der Waals surface area contributed by atoms with E-state index in [1.54, 1.807) is 0 Å². The normalized spacial score (nSPS) is 11.0. The predicted octanol–water partition coefficient (Wildman–Crippen LogP) is 4.10. The fraction of sp³-hybridized carbons (Fsp3) is 0.364. The van der Waals surface area contributed by atoms with E-state index >= 15 is 0 Å². The van der Waals surface area contributed by atoms with Crippen molar-refractivity contribution in [3.8, 4) is 0 Å². The van der Waals surface area contributed by atoms with E-state index in [-0.39, 0.29) is 5.91 Å². The van der Waals surface area contributed by atoms with Crippen LogP contribution in [0.2, 0.25) is 0 Å². The summed E-state index contributed by atoms with van der Waals surface area (Å²) in [6.45, 7) is 7.83. The van der Waals surface area contributed by atoms with Gasteiger partial charge < -0.3 is 9.88 Å². The highest BCUT2D eigenvalue weighted by Gasteiger charge is 2.07. The molecule has 1 aromatic heterocycles. The molecule has 0 fully saturated rings. The Morgan fingerprint density at radius 2 is 1.85 bits per heavy atom. The summed E-state index contributed by atoms with van der Waals surface area (Å²) in [6, 6.07) is 12.6. The lowest BCUT2D eigenvalue weighted by Crippen LogP contribution is -2.25. The van der Waals surface area contributed by atoms with Crippen molar-refractivity contribution in [2.75, 3.05) is 6.54 Å². The maximum absolute atomic E-state index is 12.1. The van der Waals surface area contributed by atoms with Crippen LogP contribution in [-0.2, 0) is 17.8 Å². The van der Waals surface area contributed by atoms with Crippen LogP contribution in [0.4, 0.5) is 0 Å². The molecule has 0 unspecified atom stereocenters. The molecule has 0 saturated heterocycles. The molecular formula is C22H27N3O. The van der Waals surface area contributed by atoms with Gasteiger partial charge in [0.2, 0.25) is 5.91 Å². The molecule has 1 N–H and O–H groups in total. The van der Waals surface area contributed by atoms with E-state index in [1.807, 2.05) is 18.5 Å². The van der Waals surface area contributed by atoms with Crippen LogP contribution in [0.25, 0.3) is 11.0 Å². The third-order valence-electron chi connectivity index (χ3n) is 5.02. The smallest absolute Gasteiger partial charge is 0.220 e. The number of nitrogens with zero attached hydrogens (tertiary/aromatic N) is 2. The summed E-state index contributed by atoms with van der Waals surface area (Å²) in [4.78, 5) is 16.5. The van der Waals surface area contributed by atoms with Crippen LogP contribution in [0.3, 0.4) is 0 Å². The molecule has 0 aliphatic heterocycles. The first-order valence-electron chi connectivity index (χ1n) is 9.28. The largest absolute Gasteiger partial charge is 0.356 e. The molecule has 0 radical (unpaired) electrons. The zero-order valence-electron chi connectivity index (χ0n) is 15.9. The van der Waals surface area contributed by atoms with E-state index in [0.717, 1.165) is 30.4 Å². The van der Waals surface area contributed by atoms with Gasteiger partial charge in [0.25, 0.3) is 0 Å². The minimum Gasteiger partial charge on any atom is -0.356 e. The first-order chi connectivity index (χ1) is 12.5. The molecule has 2 aromatic carbocycles. The minimum atomic E-state index is 0.120. The lowest BCUT2D eigenvalue weighted by atomic mass is 10.1. The molecule has 3 aromatic rings. The van der Waals surface area contributed by atoms with E-state index in [1.165, 1.54) is 22.3 Å². The van der Waals surface area contributed by atoms with Crippen LogP contribution in [0.5, 0.6) is 0 Å². The SMILES string of the molecule is Cc1cc2ncn(CCCC(=O)NCCc3ccccc3C)c2cc1C. The molecule has 0 atom stereocenters. The van der Waals surface area contributed by atoms with Gasteiger partial charge in [-0.05, 0) is 68.0 Å². The number of benzene rings is 2. The Morgan fingerprint density at radius 3 is 2.65 bits per heavy atom. The van der Waals surface area contributed by atoms with Crippen molar-refractivity contribution in [1.82, 2.24) is 14.9 Å². The summed E-state index contributed by atoms with van der Waals surface area (Å²) in [6.07, 6.45) is 4.11. The highest BCUT2D eigenvalue weighted by molar-refractivity contribution is 5.77. The summed E-state index contributed by atoms with van der Waals surface area (Å²) < 4.78 is 2.14. The number of carbonyl (C=O) groups is 1. The van der Waals surface area contributed by atoms with E-state index < -0.39 is 0 Å². The van der Waals surface area contributed by atoms with E-state index in [9.17, 15) is 4.79 Å². The summed E-state index contributed by atoms with van der Waals surface area (Å²) in [7, 11) is 0. The van der Waals surface area contributed by atoms with E-state index in [0.29, 0.717) is 13.0 Å². The highest BCUT2D eigenvalue weighted by Crippen LogP contribution is 2.18. The molecule has 0 bridgehead atoms. The maximum atomic E-state index is 12.1. The maximum Gasteiger partial charge on any atom is 0.220 e. The number of nitrogens with one attached hydrogen (secondary N) is 1. The third-order valence-corrected chi connectivity index (χ3v) is 5.02. The van der Waals surface area contributed by atoms with Crippen LogP contribution in [0, 0.1) is 20.8 Å². The molecule has 1 amide bonds. The lowest BCUT2D eigenvalue weighted by Gasteiger charge is -2.08. The van der Waals surface area contributed by atoms with Gasteiger partial charge in [0.1, 0.15) is 0 Å². The first kappa shape index (κ1) is 18.2. The number of amides is 1. The number of hydrogen-bond donors (Lipinski definition) is 1. The number of imidazole rings is 1. The van der Waals surface area contributed by atoms with Crippen LogP contribution >= 0.6 is 0 Å². The van der Waals surface area contributed by atoms with Crippen LogP contribution in [-0.4, -0.2) is 22.0 Å². The fourth-order valence-corrected chi connectivity index (χ4v) is 3.22. The van der Waals surface area contributed by atoms with Crippen molar-refractivity contribution < 1.29 is 4.79 Å². The molecule has 26 heavy (non-hydrogen) atoms. The Hall–Kier alpha value is -2.62. The van der Waals surface area contributed by atoms with Gasteiger partial charge in [-0.15, -0.1) is 0 Å². The molecule has 0 aliphatic rings. The van der Waals surface area contributed by atoms with Gasteiger partial charge >= 0.3 is 0 Å². The number of fused-ring (bicyclic) bond motifs is 1. The van der Waals surface area contributed by atoms with Gasteiger partial charge in [0.15, 0.2) is 0 Å². The lowest BCUT2D eigenvalue weighted by molar-refractivity contribution is -0.121. The average Bonchev–Trinajstić information content (AvgIpc) is 2.99. The topological polar surface area (TPSA) is 46.9 Å². The van der Waals surface area contributed by atoms with Crippen molar-refractivity contribution >= 4 is 16.9 Å². The van der Waals surface area contributed by atoms with Gasteiger partial charge in [-0.2, -0.15) is 0 Å². The Morgan fingerprint density at radius 1 is 1.08 bits per heavy atom. The Bertz CT molecular complexity index is 911. The predicted molar refractivity (Wildman–Crippen MR) is 106 cm³/mol. The zero-order valence-corrected chi connectivity index (χ0v) is 15.9. The monoisotopic (exact) mass is 349 g/mol. The second-order valence-corrected chi connectivity index (χ2v) is 6.99. The Kier molecular flexibility index (Phi) is 5.71. The van der Waals surface area contributed by atoms with Gasteiger partial charge in [0.05, 0.1) is 17.4 Å². The van der Waals surface area contributed by atoms with E-state index in [4.69, 9.17) is 0 Å². The van der Waals surface area contributed by atoms with Crippen molar-refractivity contribution in [1.29, 1.82) is 0 Å². The molecule has 0 aliphatic carbocycles. The molecule has 0 spiro atoms. The number of aryl methyl sites for hydroxylation is 4. The molecular weight excluding hydrogens is 322 g/mol. The summed E-state index contributed by atoms with van der Waals surface area (Å²) in [5.74, 6) is 0.120. The minimum absolute atomic E-state index is 0.120. The molecule has 136 valence electrons. The van der Waals surface area contributed by atoms with Crippen molar-refractivity contribution in [2.24, 2.45) is 0 Å². The second kappa shape index (κ2) is 8.17. The van der Waals surface area contributed by atoms with Gasteiger partial charge in [0, 0.05) is 19.5 Å². The molecule has 4 nitrogen and oxygen atoms in total. The van der Waals surface area contributed by atoms with E-state index in [2.05, 4.69) is 59.9 Å². The van der Waals surface area contributed by atoms with Crippen LogP contribution in [0.1, 0.15) is 35.1 Å². The van der Waals surface area contributed by atoms with Crippen molar-refractivity contribution in [2.45, 2.75) is 46.6 Å². The molecule has 1 heterocycles. The highest BCUT2D eigenvalue weighted by atomic mass is 16.1. The summed E-state index contributed by atoms with van der Waals surface area (Å²) >= 11 is 0. The van der Waals surface area contributed by atoms with Crippen LogP contribution < -0.4 is 5.32 Å². The molecule has 0 saturated carbocycles. The Labute approximate surface area is 155 Å². The van der Waals surface area contributed by atoms with Gasteiger partial charge in [-0.1, -0.05) is 24.3 Å². The quantitative estimate of drug-likeness (QED) is 0.698. The first-order valence-corrected chi connectivity index (χ1v) is 9.28. The average molecular weight is 349 g/mol. The van der Waals surface area contributed by atoms with Crippen molar-refractivity contribution in [3.05, 3.63) is 65.0 Å². The zero-order chi connectivity index (χ0) is 18.5. The second-order valence-electron chi connectivity index (χ2n) is 6.99. The van der Waals surface area contributed by atoms with Gasteiger partial charge in [-0.25, -0.2) is 4.98 Å². The number of hydrogen-bond acceptors (Lipinski definition) is 2. The molecule has 3 rings (SSSR count). The van der Waals surface area contributed by atoms with Gasteiger partial charge in [-0.3, -0.25) is 4.79 Å². The third kappa shape index (κ3) is 4.31. The molecule has 4 heteroatoms. The fourth-order valence-electron chi connectivity index (χ4n) is 3.22. The number of carbonyl (C=O) groups excluding carboxylic acids is 1. The number of aromatic nitrogens is 2. The van der Waals surface area contributed by atoms with Crippen molar-refractivity contribution in [3.63, 3.8) is 0 Å².